The van der Waals surface area contributed by atoms with Crippen LogP contribution < -0.4 is 5.32 Å². The normalized spacial score (nSPS) is 20.9. The van der Waals surface area contributed by atoms with E-state index in [1.807, 2.05) is 103 Å². The zero-order chi connectivity index (χ0) is 30.0. The van der Waals surface area contributed by atoms with Crippen molar-refractivity contribution >= 4 is 11.8 Å². The molecule has 4 rings (SSSR count). The molecule has 3 aromatic rings. The van der Waals surface area contributed by atoms with Crippen molar-refractivity contribution in [3.05, 3.63) is 108 Å². The molecule has 1 aliphatic heterocycles. The van der Waals surface area contributed by atoms with E-state index in [0.717, 1.165) is 16.7 Å². The summed E-state index contributed by atoms with van der Waals surface area (Å²) >= 11 is 0. The molecule has 1 heterocycles. The molecule has 4 atom stereocenters. The lowest BCUT2D eigenvalue weighted by Gasteiger charge is -2.48. The summed E-state index contributed by atoms with van der Waals surface area (Å²) in [5.41, 5.74) is 2.51. The fourth-order valence-corrected chi connectivity index (χ4v) is 4.92. The van der Waals surface area contributed by atoms with Crippen LogP contribution in [0, 0.1) is 0 Å². The van der Waals surface area contributed by atoms with Crippen molar-refractivity contribution in [3.63, 3.8) is 0 Å². The fourth-order valence-electron chi connectivity index (χ4n) is 4.92. The first kappa shape index (κ1) is 31.2. The Morgan fingerprint density at radius 1 is 0.762 bits per heavy atom. The Kier molecular flexibility index (Phi) is 11.1. The van der Waals surface area contributed by atoms with Gasteiger partial charge in [0.05, 0.1) is 25.9 Å². The largest absolute Gasteiger partial charge is 0.471 e. The molecule has 0 radical (unpaired) electrons. The third kappa shape index (κ3) is 8.40. The Morgan fingerprint density at radius 2 is 1.21 bits per heavy atom. The van der Waals surface area contributed by atoms with Gasteiger partial charge in [-0.3, -0.25) is 9.59 Å². The van der Waals surface area contributed by atoms with Crippen molar-refractivity contribution in [3.8, 4) is 0 Å². The van der Waals surface area contributed by atoms with Crippen LogP contribution in [-0.2, 0) is 43.6 Å². The quantitative estimate of drug-likeness (QED) is 0.305. The van der Waals surface area contributed by atoms with Gasteiger partial charge < -0.3 is 24.4 Å². The van der Waals surface area contributed by atoms with E-state index in [1.165, 1.54) is 4.90 Å². The molecule has 0 spiro atoms. The van der Waals surface area contributed by atoms with Gasteiger partial charge >= 0.3 is 12.1 Å². The van der Waals surface area contributed by atoms with E-state index < -0.39 is 48.9 Å². The minimum atomic E-state index is -5.07. The van der Waals surface area contributed by atoms with Crippen LogP contribution in [0.25, 0.3) is 0 Å². The molecule has 224 valence electrons. The second-order valence-corrected chi connectivity index (χ2v) is 10.0. The molecule has 0 saturated carbocycles. The summed E-state index contributed by atoms with van der Waals surface area (Å²) in [6.45, 7) is 1.96. The second-order valence-electron chi connectivity index (χ2n) is 10.0. The van der Waals surface area contributed by atoms with Crippen molar-refractivity contribution < 1.29 is 37.0 Å². The zero-order valence-electron chi connectivity index (χ0n) is 23.3. The lowest BCUT2D eigenvalue weighted by Crippen LogP contribution is -2.68. The topological polar surface area (TPSA) is 77.1 Å². The van der Waals surface area contributed by atoms with Crippen LogP contribution in [0.1, 0.15) is 30.0 Å². The number of ether oxygens (including phenoxy) is 3. The molecule has 2 amide bonds. The molecule has 0 aliphatic carbocycles. The Bertz CT molecular complexity index is 1260. The Labute approximate surface area is 243 Å². The van der Waals surface area contributed by atoms with Gasteiger partial charge in [-0.25, -0.2) is 0 Å². The summed E-state index contributed by atoms with van der Waals surface area (Å²) in [6, 6.07) is 27.0. The number of alkyl halides is 3. The fraction of sp³-hybridized carbons (Fsp3) is 0.375. The second kappa shape index (κ2) is 14.9. The molecule has 0 bridgehead atoms. The number of likely N-dealkylation sites (tertiary alicyclic amines) is 1. The molecule has 1 N–H and O–H groups in total. The average Bonchev–Trinajstić information content (AvgIpc) is 3.00. The third-order valence-electron chi connectivity index (χ3n) is 6.96. The Morgan fingerprint density at radius 3 is 1.67 bits per heavy atom. The van der Waals surface area contributed by atoms with Gasteiger partial charge in [0, 0.05) is 13.1 Å². The van der Waals surface area contributed by atoms with E-state index in [-0.39, 0.29) is 26.4 Å². The van der Waals surface area contributed by atoms with E-state index >= 15 is 0 Å². The zero-order valence-corrected chi connectivity index (χ0v) is 23.3. The van der Waals surface area contributed by atoms with E-state index in [1.54, 1.807) is 0 Å². The first-order valence-electron chi connectivity index (χ1n) is 13.9. The smallest absolute Gasteiger partial charge is 0.368 e. The molecule has 3 aromatic carbocycles. The van der Waals surface area contributed by atoms with E-state index in [2.05, 4.69) is 0 Å². The summed E-state index contributed by atoms with van der Waals surface area (Å²) in [6.07, 6.45) is -7.55. The van der Waals surface area contributed by atoms with Gasteiger partial charge in [0.15, 0.2) is 6.10 Å². The number of nitrogens with one attached hydrogen (secondary N) is 1. The van der Waals surface area contributed by atoms with Gasteiger partial charge in [0.25, 0.3) is 5.91 Å². The highest BCUT2D eigenvalue weighted by atomic mass is 19.4. The number of rotatable bonds is 13. The summed E-state index contributed by atoms with van der Waals surface area (Å²) in [5.74, 6) is -2.52. The maximum absolute atomic E-state index is 14.0. The highest BCUT2D eigenvalue weighted by Gasteiger charge is 2.51. The minimum absolute atomic E-state index is 0.111. The molecular formula is C32H35F3N2O5. The average molecular weight is 585 g/mol. The number of nitrogens with zero attached hydrogens (tertiary/aromatic N) is 1. The van der Waals surface area contributed by atoms with Crippen molar-refractivity contribution in [2.24, 2.45) is 0 Å². The predicted molar refractivity (Wildman–Crippen MR) is 150 cm³/mol. The minimum Gasteiger partial charge on any atom is -0.368 e. The number of benzene rings is 3. The molecule has 1 aliphatic rings. The van der Waals surface area contributed by atoms with Crippen LogP contribution in [0.4, 0.5) is 13.2 Å². The maximum atomic E-state index is 14.0. The number of amides is 2. The van der Waals surface area contributed by atoms with Crippen molar-refractivity contribution in [1.82, 2.24) is 10.2 Å². The third-order valence-corrected chi connectivity index (χ3v) is 6.96. The molecule has 0 aromatic heterocycles. The van der Waals surface area contributed by atoms with Gasteiger partial charge in [-0.05, 0) is 23.1 Å². The van der Waals surface area contributed by atoms with Crippen LogP contribution in [0.2, 0.25) is 0 Å². The van der Waals surface area contributed by atoms with E-state index in [9.17, 15) is 22.8 Å². The highest BCUT2D eigenvalue weighted by molar-refractivity contribution is 5.84. The van der Waals surface area contributed by atoms with Gasteiger partial charge in [-0.1, -0.05) is 97.9 Å². The number of carbonyl (C=O) groups excluding carboxylic acids is 2. The van der Waals surface area contributed by atoms with Crippen molar-refractivity contribution in [2.75, 3.05) is 13.1 Å². The Balaban J connectivity index is 1.68. The molecular weight excluding hydrogens is 549 g/mol. The lowest BCUT2D eigenvalue weighted by atomic mass is 9.91. The van der Waals surface area contributed by atoms with E-state index in [0.29, 0.717) is 6.42 Å². The summed E-state index contributed by atoms with van der Waals surface area (Å²) in [5, 5.41) is 1.96. The lowest BCUT2D eigenvalue weighted by molar-refractivity contribution is -0.209. The molecule has 42 heavy (non-hydrogen) atoms. The highest BCUT2D eigenvalue weighted by Crippen LogP contribution is 2.30. The van der Waals surface area contributed by atoms with Gasteiger partial charge in [0.1, 0.15) is 12.2 Å². The summed E-state index contributed by atoms with van der Waals surface area (Å²) < 4.78 is 58.3. The summed E-state index contributed by atoms with van der Waals surface area (Å²) in [7, 11) is 0. The van der Waals surface area contributed by atoms with Gasteiger partial charge in [0.2, 0.25) is 0 Å². The van der Waals surface area contributed by atoms with Gasteiger partial charge in [-0.2, -0.15) is 13.2 Å². The van der Waals surface area contributed by atoms with Gasteiger partial charge in [-0.15, -0.1) is 0 Å². The number of carbonyl (C=O) groups is 2. The summed E-state index contributed by atoms with van der Waals surface area (Å²) in [4.78, 5) is 27.2. The van der Waals surface area contributed by atoms with Crippen LogP contribution in [0.3, 0.4) is 0 Å². The Hall–Kier alpha value is -3.73. The number of piperidine rings is 1. The van der Waals surface area contributed by atoms with Crippen LogP contribution in [0.5, 0.6) is 0 Å². The number of hydrogen-bond donors (Lipinski definition) is 1. The molecule has 4 unspecified atom stereocenters. The number of halogens is 3. The molecule has 10 heteroatoms. The first-order valence-corrected chi connectivity index (χ1v) is 13.9. The monoisotopic (exact) mass is 584 g/mol. The number of hydrogen-bond acceptors (Lipinski definition) is 5. The van der Waals surface area contributed by atoms with Crippen LogP contribution in [0.15, 0.2) is 91.0 Å². The maximum Gasteiger partial charge on any atom is 0.471 e. The predicted octanol–water partition coefficient (Wildman–Crippen LogP) is 5.04. The standard InChI is InChI=1S/C32H35F3N2O5/c1-2-18-37-26(19-36-31(39)32(33,34)35)27(40-20-23-12-6-3-7-13-23)28(41-21-24-14-8-4-9-15-24)29(30(37)38)42-22-25-16-10-5-11-17-25/h3-17,26-29H,2,18-22H2,1H3,(H,36,39). The first-order chi connectivity index (χ1) is 20.3. The van der Waals surface area contributed by atoms with E-state index in [4.69, 9.17) is 14.2 Å². The molecule has 1 saturated heterocycles. The SMILES string of the molecule is CCCN1C(=O)C(OCc2ccccc2)C(OCc2ccccc2)C(OCc2ccccc2)C1CNC(=O)C(F)(F)F. The molecule has 7 nitrogen and oxygen atoms in total. The van der Waals surface area contributed by atoms with Crippen LogP contribution in [-0.4, -0.2) is 60.3 Å². The van der Waals surface area contributed by atoms with Crippen molar-refractivity contribution in [1.29, 1.82) is 0 Å². The molecule has 1 fully saturated rings. The van der Waals surface area contributed by atoms with Crippen LogP contribution >= 0.6 is 0 Å². The van der Waals surface area contributed by atoms with Crippen molar-refractivity contribution in [2.45, 2.75) is 63.7 Å².